The summed E-state index contributed by atoms with van der Waals surface area (Å²) in [5.74, 6) is -0.153. The maximum atomic E-state index is 11.2. The molecule has 0 fully saturated rings. The Hall–Kier alpha value is -1.10. The van der Waals surface area contributed by atoms with E-state index in [1.165, 1.54) is 0 Å². The fraction of sp³-hybridized carbons (Fsp3) is 0.692. The molecule has 1 atom stereocenters. The number of aryl methyl sites for hydroxylation is 1. The van der Waals surface area contributed by atoms with Gasteiger partial charge < -0.3 is 10.1 Å². The Morgan fingerprint density at radius 1 is 1.56 bits per heavy atom. The molecule has 1 heterocycles. The largest absolute Gasteiger partial charge is 0.466 e. The van der Waals surface area contributed by atoms with Crippen molar-refractivity contribution in [3.8, 4) is 0 Å². The predicted octanol–water partition coefficient (Wildman–Crippen LogP) is 3.24. The molecule has 1 rings (SSSR count). The second-order valence-corrected chi connectivity index (χ2v) is 5.14. The molecule has 1 unspecified atom stereocenters. The normalized spacial score (nSPS) is 12.2. The zero-order valence-electron chi connectivity index (χ0n) is 11.4. The highest BCUT2D eigenvalue weighted by molar-refractivity contribution is 7.13. The first kappa shape index (κ1) is 15.0. The fourth-order valence-electron chi connectivity index (χ4n) is 1.67. The smallest absolute Gasteiger partial charge is 0.306 e. The third-order valence-electron chi connectivity index (χ3n) is 2.53. The van der Waals surface area contributed by atoms with Crippen LogP contribution in [0.15, 0.2) is 5.38 Å². The molecular weight excluding hydrogens is 248 g/mol. The summed E-state index contributed by atoms with van der Waals surface area (Å²) in [5.41, 5.74) is 0.958. The monoisotopic (exact) mass is 270 g/mol. The van der Waals surface area contributed by atoms with E-state index in [1.807, 2.05) is 12.3 Å². The molecule has 1 aromatic rings. The van der Waals surface area contributed by atoms with Crippen molar-refractivity contribution in [3.63, 3.8) is 0 Å². The molecule has 1 aromatic heterocycles. The van der Waals surface area contributed by atoms with Gasteiger partial charge >= 0.3 is 5.97 Å². The molecule has 0 aliphatic carbocycles. The van der Waals surface area contributed by atoms with Crippen LogP contribution in [0, 0.1) is 0 Å². The second kappa shape index (κ2) is 8.08. The number of rotatable bonds is 8. The van der Waals surface area contributed by atoms with Gasteiger partial charge in [-0.05, 0) is 20.3 Å². The lowest BCUT2D eigenvalue weighted by molar-refractivity contribution is -0.143. The molecule has 0 saturated heterocycles. The van der Waals surface area contributed by atoms with Crippen LogP contribution in [-0.4, -0.2) is 23.6 Å². The van der Waals surface area contributed by atoms with E-state index in [-0.39, 0.29) is 5.97 Å². The molecule has 1 N–H and O–H groups in total. The Bertz CT molecular complexity index is 366. The quantitative estimate of drug-likeness (QED) is 0.737. The van der Waals surface area contributed by atoms with Crippen LogP contribution in [0.1, 0.15) is 45.7 Å². The van der Waals surface area contributed by atoms with Crippen LogP contribution < -0.4 is 5.32 Å². The van der Waals surface area contributed by atoms with Crippen LogP contribution in [0.5, 0.6) is 0 Å². The van der Waals surface area contributed by atoms with Crippen molar-refractivity contribution in [1.29, 1.82) is 0 Å². The standard InChI is InChI=1S/C13H22N2O2S/c1-4-6-10(3)14-13-15-11(9-18-13)7-8-12(16)17-5-2/h9-10H,4-8H2,1-3H3,(H,14,15). The van der Waals surface area contributed by atoms with Crippen LogP contribution >= 0.6 is 11.3 Å². The lowest BCUT2D eigenvalue weighted by Gasteiger charge is -2.10. The van der Waals surface area contributed by atoms with Crippen molar-refractivity contribution >= 4 is 22.4 Å². The van der Waals surface area contributed by atoms with Gasteiger partial charge in [-0.2, -0.15) is 0 Å². The van der Waals surface area contributed by atoms with Gasteiger partial charge in [0.05, 0.1) is 18.7 Å². The fourth-order valence-corrected chi connectivity index (χ4v) is 2.52. The third kappa shape index (κ3) is 5.49. The first-order chi connectivity index (χ1) is 8.65. The molecule has 18 heavy (non-hydrogen) atoms. The molecule has 0 amide bonds. The summed E-state index contributed by atoms with van der Waals surface area (Å²) in [6.07, 6.45) is 3.35. The molecule has 0 radical (unpaired) electrons. The van der Waals surface area contributed by atoms with Gasteiger partial charge in [0.15, 0.2) is 5.13 Å². The van der Waals surface area contributed by atoms with Gasteiger partial charge in [-0.25, -0.2) is 4.98 Å². The van der Waals surface area contributed by atoms with E-state index in [2.05, 4.69) is 24.1 Å². The summed E-state index contributed by atoms with van der Waals surface area (Å²) in [6, 6.07) is 0.444. The minimum absolute atomic E-state index is 0.153. The summed E-state index contributed by atoms with van der Waals surface area (Å²) < 4.78 is 4.89. The SMILES string of the molecule is CCCC(C)Nc1nc(CCC(=O)OCC)cs1. The topological polar surface area (TPSA) is 51.2 Å². The molecule has 0 aromatic carbocycles. The first-order valence-corrected chi connectivity index (χ1v) is 7.40. The lowest BCUT2D eigenvalue weighted by atomic mass is 10.2. The van der Waals surface area contributed by atoms with Crippen LogP contribution in [0.25, 0.3) is 0 Å². The minimum Gasteiger partial charge on any atom is -0.466 e. The molecule has 5 heteroatoms. The Morgan fingerprint density at radius 3 is 3.00 bits per heavy atom. The second-order valence-electron chi connectivity index (χ2n) is 4.28. The summed E-state index contributed by atoms with van der Waals surface area (Å²) in [7, 11) is 0. The molecule has 102 valence electrons. The number of nitrogens with one attached hydrogen (secondary N) is 1. The predicted molar refractivity (Wildman–Crippen MR) is 75.1 cm³/mol. The van der Waals surface area contributed by atoms with Gasteiger partial charge in [0.2, 0.25) is 0 Å². The zero-order chi connectivity index (χ0) is 13.4. The molecule has 0 saturated carbocycles. The van der Waals surface area contributed by atoms with E-state index < -0.39 is 0 Å². The summed E-state index contributed by atoms with van der Waals surface area (Å²) in [4.78, 5) is 15.7. The van der Waals surface area contributed by atoms with E-state index >= 15 is 0 Å². The summed E-state index contributed by atoms with van der Waals surface area (Å²) in [5, 5.41) is 6.31. The van der Waals surface area contributed by atoms with Crippen LogP contribution in [0.3, 0.4) is 0 Å². The molecule has 0 aliphatic rings. The maximum absolute atomic E-state index is 11.2. The Morgan fingerprint density at radius 2 is 2.33 bits per heavy atom. The Kier molecular flexibility index (Phi) is 6.72. The number of aromatic nitrogens is 1. The van der Waals surface area contributed by atoms with Gasteiger partial charge in [-0.1, -0.05) is 13.3 Å². The van der Waals surface area contributed by atoms with Gasteiger partial charge in [0.25, 0.3) is 0 Å². The average molecular weight is 270 g/mol. The number of carbonyl (C=O) groups excluding carboxylic acids is 1. The Balaban J connectivity index is 2.36. The molecule has 4 nitrogen and oxygen atoms in total. The van der Waals surface area contributed by atoms with E-state index in [0.717, 1.165) is 23.7 Å². The number of esters is 1. The van der Waals surface area contributed by atoms with E-state index in [9.17, 15) is 4.79 Å². The molecule has 0 bridgehead atoms. The van der Waals surface area contributed by atoms with Crippen LogP contribution in [-0.2, 0) is 16.0 Å². The highest BCUT2D eigenvalue weighted by atomic mass is 32.1. The lowest BCUT2D eigenvalue weighted by Crippen LogP contribution is -2.14. The van der Waals surface area contributed by atoms with E-state index in [0.29, 0.717) is 25.5 Å². The van der Waals surface area contributed by atoms with Crippen molar-refractivity contribution in [1.82, 2.24) is 4.98 Å². The number of anilines is 1. The minimum atomic E-state index is -0.153. The number of hydrogen-bond donors (Lipinski definition) is 1. The summed E-state index contributed by atoms with van der Waals surface area (Å²) in [6.45, 7) is 6.59. The third-order valence-corrected chi connectivity index (χ3v) is 3.36. The van der Waals surface area contributed by atoms with Crippen molar-refractivity contribution in [2.24, 2.45) is 0 Å². The molecular formula is C13H22N2O2S. The Labute approximate surface area is 113 Å². The van der Waals surface area contributed by atoms with E-state index in [4.69, 9.17) is 4.74 Å². The number of carbonyl (C=O) groups is 1. The highest BCUT2D eigenvalue weighted by Crippen LogP contribution is 2.18. The van der Waals surface area contributed by atoms with Crippen molar-refractivity contribution in [2.75, 3.05) is 11.9 Å². The van der Waals surface area contributed by atoms with Crippen molar-refractivity contribution < 1.29 is 9.53 Å². The number of thiazole rings is 1. The summed E-state index contributed by atoms with van der Waals surface area (Å²) >= 11 is 1.59. The van der Waals surface area contributed by atoms with Gasteiger partial charge in [0.1, 0.15) is 0 Å². The number of nitrogens with zero attached hydrogens (tertiary/aromatic N) is 1. The first-order valence-electron chi connectivity index (χ1n) is 6.52. The van der Waals surface area contributed by atoms with Crippen molar-refractivity contribution in [3.05, 3.63) is 11.1 Å². The number of ether oxygens (including phenoxy) is 1. The van der Waals surface area contributed by atoms with Crippen molar-refractivity contribution in [2.45, 2.75) is 52.5 Å². The van der Waals surface area contributed by atoms with Gasteiger partial charge in [0, 0.05) is 17.8 Å². The molecule has 0 spiro atoms. The van der Waals surface area contributed by atoms with E-state index in [1.54, 1.807) is 11.3 Å². The number of hydrogen-bond acceptors (Lipinski definition) is 5. The highest BCUT2D eigenvalue weighted by Gasteiger charge is 2.08. The maximum Gasteiger partial charge on any atom is 0.306 e. The zero-order valence-corrected chi connectivity index (χ0v) is 12.2. The molecule has 0 aliphatic heterocycles. The van der Waals surface area contributed by atoms with Crippen LogP contribution in [0.2, 0.25) is 0 Å². The average Bonchev–Trinajstić information content (AvgIpc) is 2.75. The van der Waals surface area contributed by atoms with Gasteiger partial charge in [-0.3, -0.25) is 4.79 Å². The van der Waals surface area contributed by atoms with Crippen LogP contribution in [0.4, 0.5) is 5.13 Å². The van der Waals surface area contributed by atoms with Gasteiger partial charge in [-0.15, -0.1) is 11.3 Å².